The highest BCUT2D eigenvalue weighted by atomic mass is 19.4. The SMILES string of the molecule is Nc1cc(C(=O)NC[C@@]2(C(=O)NCc3ccc(Nc4ccccc4C(F)(F)F)cc3)CCOC2)ccn1. The molecular formula is C26H26F3N5O3. The van der Waals surface area contributed by atoms with Crippen LogP contribution in [0.3, 0.4) is 0 Å². The Bertz CT molecular complexity index is 1260. The Morgan fingerprint density at radius 2 is 1.81 bits per heavy atom. The second kappa shape index (κ2) is 10.9. The van der Waals surface area contributed by atoms with E-state index in [0.717, 1.165) is 11.6 Å². The minimum absolute atomic E-state index is 0.0456. The average Bonchev–Trinajstić information content (AvgIpc) is 3.37. The van der Waals surface area contributed by atoms with Crippen LogP contribution in [0.15, 0.2) is 66.9 Å². The predicted molar refractivity (Wildman–Crippen MR) is 132 cm³/mol. The van der Waals surface area contributed by atoms with E-state index in [0.29, 0.717) is 24.3 Å². The first-order chi connectivity index (χ1) is 17.7. The standard InChI is InChI=1S/C26H26F3N5O3/c27-26(28,29)20-3-1-2-4-21(20)34-19-7-5-17(6-8-19)14-32-24(36)25(10-12-37-16-25)15-33-23(35)18-9-11-31-22(30)13-18/h1-9,11,13,34H,10,12,14-16H2,(H2,30,31)(H,32,36)(H,33,35)/t25-/m0/s1. The van der Waals surface area contributed by atoms with E-state index >= 15 is 0 Å². The number of aromatic nitrogens is 1. The summed E-state index contributed by atoms with van der Waals surface area (Å²) in [6, 6.07) is 14.9. The van der Waals surface area contributed by atoms with Gasteiger partial charge in [0.2, 0.25) is 5.91 Å². The van der Waals surface area contributed by atoms with Crippen molar-refractivity contribution in [3.05, 3.63) is 83.6 Å². The number of pyridine rings is 1. The van der Waals surface area contributed by atoms with Gasteiger partial charge in [0.05, 0.1) is 23.3 Å². The largest absolute Gasteiger partial charge is 0.418 e. The predicted octanol–water partition coefficient (Wildman–Crippen LogP) is 3.88. The molecule has 3 aromatic rings. The molecule has 2 heterocycles. The summed E-state index contributed by atoms with van der Waals surface area (Å²) in [5.74, 6) is -0.417. The average molecular weight is 514 g/mol. The van der Waals surface area contributed by atoms with Crippen LogP contribution in [-0.2, 0) is 22.3 Å². The van der Waals surface area contributed by atoms with Crippen LogP contribution in [-0.4, -0.2) is 36.6 Å². The Morgan fingerprint density at radius 1 is 1.05 bits per heavy atom. The molecule has 0 aliphatic carbocycles. The van der Waals surface area contributed by atoms with Crippen LogP contribution >= 0.6 is 0 Å². The zero-order valence-corrected chi connectivity index (χ0v) is 19.8. The summed E-state index contributed by atoms with van der Waals surface area (Å²) in [5.41, 5.74) is 5.49. The van der Waals surface area contributed by atoms with Crippen LogP contribution in [0.1, 0.15) is 27.9 Å². The molecule has 1 aliphatic rings. The molecule has 0 radical (unpaired) electrons. The fourth-order valence-electron chi connectivity index (χ4n) is 4.02. The molecule has 0 unspecified atom stereocenters. The minimum atomic E-state index is -4.47. The van der Waals surface area contributed by atoms with Crippen molar-refractivity contribution < 1.29 is 27.5 Å². The third-order valence-electron chi connectivity index (χ3n) is 6.13. The fourth-order valence-corrected chi connectivity index (χ4v) is 4.02. The molecule has 1 aliphatic heterocycles. The van der Waals surface area contributed by atoms with Gasteiger partial charge in [-0.3, -0.25) is 9.59 Å². The lowest BCUT2D eigenvalue weighted by Gasteiger charge is -2.26. The third kappa shape index (κ3) is 6.36. The molecule has 2 amide bonds. The van der Waals surface area contributed by atoms with E-state index in [1.54, 1.807) is 24.3 Å². The molecule has 8 nitrogen and oxygen atoms in total. The molecule has 37 heavy (non-hydrogen) atoms. The maximum absolute atomic E-state index is 13.2. The van der Waals surface area contributed by atoms with Crippen LogP contribution in [0.2, 0.25) is 0 Å². The normalized spacial score (nSPS) is 17.3. The second-order valence-corrected chi connectivity index (χ2v) is 8.78. The van der Waals surface area contributed by atoms with Gasteiger partial charge in [-0.2, -0.15) is 13.2 Å². The fraction of sp³-hybridized carbons (Fsp3) is 0.269. The molecule has 2 aromatic carbocycles. The van der Waals surface area contributed by atoms with Crippen molar-refractivity contribution in [2.24, 2.45) is 5.41 Å². The van der Waals surface area contributed by atoms with Crippen LogP contribution in [0.5, 0.6) is 0 Å². The molecule has 1 aromatic heterocycles. The van der Waals surface area contributed by atoms with Gasteiger partial charge in [-0.05, 0) is 48.4 Å². The van der Waals surface area contributed by atoms with Crippen molar-refractivity contribution in [3.8, 4) is 0 Å². The van der Waals surface area contributed by atoms with Crippen LogP contribution in [0.4, 0.5) is 30.4 Å². The number of nitrogens with zero attached hydrogens (tertiary/aromatic N) is 1. The van der Waals surface area contributed by atoms with Crippen LogP contribution < -0.4 is 21.7 Å². The maximum Gasteiger partial charge on any atom is 0.418 e. The lowest BCUT2D eigenvalue weighted by atomic mass is 9.86. The number of carbonyl (C=O) groups excluding carboxylic acids is 2. The second-order valence-electron chi connectivity index (χ2n) is 8.78. The number of ether oxygens (including phenoxy) is 1. The molecule has 0 bridgehead atoms. The summed E-state index contributed by atoms with van der Waals surface area (Å²) in [5, 5.41) is 8.46. The van der Waals surface area contributed by atoms with Gasteiger partial charge >= 0.3 is 6.18 Å². The molecule has 0 spiro atoms. The molecule has 5 N–H and O–H groups in total. The summed E-state index contributed by atoms with van der Waals surface area (Å²) in [6.45, 7) is 0.848. The minimum Gasteiger partial charge on any atom is -0.384 e. The van der Waals surface area contributed by atoms with Gasteiger partial charge in [0.25, 0.3) is 5.91 Å². The zero-order valence-electron chi connectivity index (χ0n) is 19.8. The summed E-state index contributed by atoms with van der Waals surface area (Å²) in [6.07, 6.45) is -2.60. The molecule has 1 saturated heterocycles. The van der Waals surface area contributed by atoms with Crippen molar-refractivity contribution in [2.75, 3.05) is 30.8 Å². The molecule has 4 rings (SSSR count). The molecule has 1 fully saturated rings. The molecule has 0 saturated carbocycles. The van der Waals surface area contributed by atoms with Crippen molar-refractivity contribution in [2.45, 2.75) is 19.1 Å². The lowest BCUT2D eigenvalue weighted by Crippen LogP contribution is -2.48. The van der Waals surface area contributed by atoms with Crippen molar-refractivity contribution >= 4 is 29.0 Å². The number of amides is 2. The number of nitrogens with two attached hydrogens (primary N) is 1. The van der Waals surface area contributed by atoms with Crippen LogP contribution in [0, 0.1) is 5.41 Å². The van der Waals surface area contributed by atoms with E-state index in [9.17, 15) is 22.8 Å². The first-order valence-corrected chi connectivity index (χ1v) is 11.5. The number of anilines is 3. The highest BCUT2D eigenvalue weighted by molar-refractivity contribution is 5.95. The number of rotatable bonds is 8. The van der Waals surface area contributed by atoms with E-state index < -0.39 is 17.2 Å². The summed E-state index contributed by atoms with van der Waals surface area (Å²) >= 11 is 0. The number of hydrogen-bond acceptors (Lipinski definition) is 6. The first kappa shape index (κ1) is 26.0. The van der Waals surface area contributed by atoms with E-state index in [1.165, 1.54) is 36.5 Å². The molecule has 11 heteroatoms. The smallest absolute Gasteiger partial charge is 0.384 e. The number of benzene rings is 2. The number of nitrogen functional groups attached to an aromatic ring is 1. The Hall–Kier alpha value is -4.12. The summed E-state index contributed by atoms with van der Waals surface area (Å²) in [7, 11) is 0. The van der Waals surface area contributed by atoms with Gasteiger partial charge in [0.15, 0.2) is 0 Å². The topological polar surface area (TPSA) is 118 Å². The number of para-hydroxylation sites is 1. The number of nitrogens with one attached hydrogen (secondary N) is 3. The third-order valence-corrected chi connectivity index (χ3v) is 6.13. The Kier molecular flexibility index (Phi) is 7.63. The number of halogens is 3. The van der Waals surface area contributed by atoms with Gasteiger partial charge in [0, 0.05) is 37.1 Å². The van der Waals surface area contributed by atoms with Crippen molar-refractivity contribution in [1.82, 2.24) is 15.6 Å². The van der Waals surface area contributed by atoms with Crippen molar-refractivity contribution in [1.29, 1.82) is 0 Å². The van der Waals surface area contributed by atoms with Gasteiger partial charge in [-0.15, -0.1) is 0 Å². The van der Waals surface area contributed by atoms with Gasteiger partial charge in [-0.25, -0.2) is 4.98 Å². The molecular weight excluding hydrogens is 487 g/mol. The van der Waals surface area contributed by atoms with E-state index in [4.69, 9.17) is 10.5 Å². The van der Waals surface area contributed by atoms with E-state index in [1.807, 2.05) is 0 Å². The summed E-state index contributed by atoms with van der Waals surface area (Å²) in [4.78, 5) is 29.5. The van der Waals surface area contributed by atoms with Gasteiger partial charge in [-0.1, -0.05) is 24.3 Å². The maximum atomic E-state index is 13.2. The monoisotopic (exact) mass is 513 g/mol. The number of hydrogen-bond donors (Lipinski definition) is 4. The van der Waals surface area contributed by atoms with E-state index in [-0.39, 0.29) is 43.0 Å². The highest BCUT2D eigenvalue weighted by Crippen LogP contribution is 2.36. The summed E-state index contributed by atoms with van der Waals surface area (Å²) < 4.78 is 45.2. The Balaban J connectivity index is 1.35. The van der Waals surface area contributed by atoms with Crippen LogP contribution in [0.25, 0.3) is 0 Å². The first-order valence-electron chi connectivity index (χ1n) is 11.5. The van der Waals surface area contributed by atoms with Gasteiger partial charge < -0.3 is 26.4 Å². The molecule has 194 valence electrons. The van der Waals surface area contributed by atoms with E-state index in [2.05, 4.69) is 20.9 Å². The molecule has 1 atom stereocenters. The quantitative estimate of drug-likeness (QED) is 0.363. The number of alkyl halides is 3. The zero-order chi connectivity index (χ0) is 26.5. The highest BCUT2D eigenvalue weighted by Gasteiger charge is 2.42. The lowest BCUT2D eigenvalue weighted by molar-refractivity contribution is -0.137. The Labute approximate surface area is 211 Å². The van der Waals surface area contributed by atoms with Gasteiger partial charge in [0.1, 0.15) is 5.82 Å². The van der Waals surface area contributed by atoms with Crippen molar-refractivity contribution in [3.63, 3.8) is 0 Å². The Morgan fingerprint density at radius 3 is 2.49 bits per heavy atom. The number of carbonyl (C=O) groups is 2.